The fourth-order valence-corrected chi connectivity index (χ4v) is 2.94. The number of nitrogens with one attached hydrogen (secondary N) is 1. The van der Waals surface area contributed by atoms with Crippen molar-refractivity contribution >= 4 is 22.8 Å². The predicted molar refractivity (Wildman–Crippen MR) is 105 cm³/mol. The van der Waals surface area contributed by atoms with Crippen molar-refractivity contribution in [1.29, 1.82) is 0 Å². The number of rotatable bonds is 7. The quantitative estimate of drug-likeness (QED) is 0.634. The number of para-hydroxylation sites is 1. The second-order valence-corrected chi connectivity index (χ2v) is 6.37. The van der Waals surface area contributed by atoms with Crippen LogP contribution in [0.2, 0.25) is 0 Å². The highest BCUT2D eigenvalue weighted by atomic mass is 16.5. The Bertz CT molecular complexity index is 1030. The molecule has 1 aromatic heterocycles. The first-order valence-corrected chi connectivity index (χ1v) is 9.13. The minimum absolute atomic E-state index is 0.156. The highest BCUT2D eigenvalue weighted by Gasteiger charge is 2.18. The molecule has 28 heavy (non-hydrogen) atoms. The summed E-state index contributed by atoms with van der Waals surface area (Å²) in [5, 5.41) is 3.25. The van der Waals surface area contributed by atoms with Crippen LogP contribution in [-0.2, 0) is 9.53 Å². The van der Waals surface area contributed by atoms with Crippen LogP contribution in [0.4, 0.5) is 0 Å². The Labute approximate surface area is 162 Å². The number of hydrogen-bond acceptors (Lipinski definition) is 5. The smallest absolute Gasteiger partial charge is 0.374 e. The molecule has 0 saturated heterocycles. The van der Waals surface area contributed by atoms with Gasteiger partial charge < -0.3 is 14.5 Å². The van der Waals surface area contributed by atoms with E-state index >= 15 is 0 Å². The molecule has 1 atom stereocenters. The van der Waals surface area contributed by atoms with Gasteiger partial charge in [-0.15, -0.1) is 0 Å². The van der Waals surface area contributed by atoms with E-state index in [1.54, 1.807) is 24.3 Å². The van der Waals surface area contributed by atoms with Gasteiger partial charge in [0.15, 0.2) is 12.0 Å². The molecule has 0 spiro atoms. The van der Waals surface area contributed by atoms with E-state index in [1.165, 1.54) is 0 Å². The molecule has 1 amide bonds. The van der Waals surface area contributed by atoms with Crippen molar-refractivity contribution in [2.24, 2.45) is 0 Å². The zero-order valence-corrected chi connectivity index (χ0v) is 15.5. The van der Waals surface area contributed by atoms with E-state index in [2.05, 4.69) is 5.32 Å². The zero-order valence-electron chi connectivity index (χ0n) is 15.5. The molecule has 6 nitrogen and oxygen atoms in total. The van der Waals surface area contributed by atoms with Crippen molar-refractivity contribution < 1.29 is 18.7 Å². The predicted octanol–water partition coefficient (Wildman–Crippen LogP) is 3.61. The largest absolute Gasteiger partial charge is 0.450 e. The van der Waals surface area contributed by atoms with E-state index in [0.717, 1.165) is 24.5 Å². The molecule has 0 aliphatic carbocycles. The monoisotopic (exact) mass is 379 g/mol. The molecule has 0 aliphatic rings. The Morgan fingerprint density at radius 1 is 1.07 bits per heavy atom. The van der Waals surface area contributed by atoms with Crippen LogP contribution in [-0.4, -0.2) is 18.5 Å². The van der Waals surface area contributed by atoms with E-state index in [4.69, 9.17) is 9.15 Å². The molecule has 3 rings (SSSR count). The van der Waals surface area contributed by atoms with Crippen LogP contribution in [0.5, 0.6) is 0 Å². The molecule has 0 aliphatic heterocycles. The molecule has 2 aromatic carbocycles. The molecular formula is C22H21NO5. The summed E-state index contributed by atoms with van der Waals surface area (Å²) < 4.78 is 10.4. The van der Waals surface area contributed by atoms with E-state index in [0.29, 0.717) is 11.0 Å². The lowest BCUT2D eigenvalue weighted by Gasteiger charge is -2.18. The summed E-state index contributed by atoms with van der Waals surface area (Å²) >= 11 is 0. The zero-order chi connectivity index (χ0) is 19.9. The van der Waals surface area contributed by atoms with Gasteiger partial charge >= 0.3 is 5.97 Å². The molecule has 0 fully saturated rings. The summed E-state index contributed by atoms with van der Waals surface area (Å²) in [6.07, 6.45) is 1.66. The van der Waals surface area contributed by atoms with E-state index in [1.807, 2.05) is 37.3 Å². The number of amides is 1. The van der Waals surface area contributed by atoms with Crippen LogP contribution >= 0.6 is 0 Å². The number of benzene rings is 2. The fourth-order valence-electron chi connectivity index (χ4n) is 2.94. The second kappa shape index (κ2) is 8.99. The first-order valence-electron chi connectivity index (χ1n) is 9.13. The molecule has 6 heteroatoms. The molecule has 1 N–H and O–H groups in total. The number of carbonyl (C=O) groups excluding carboxylic acids is 2. The molecule has 0 radical (unpaired) electrons. The van der Waals surface area contributed by atoms with Gasteiger partial charge in [-0.05, 0) is 24.1 Å². The summed E-state index contributed by atoms with van der Waals surface area (Å²) in [4.78, 5) is 36.5. The Morgan fingerprint density at radius 3 is 2.54 bits per heavy atom. The van der Waals surface area contributed by atoms with Crippen LogP contribution < -0.4 is 10.7 Å². The standard InChI is InChI=1S/C22H21NO5/c1-2-8-17(15-9-4-3-5-10-15)23-21(25)14-27-22(26)20-13-18(24)16-11-6-7-12-19(16)28-20/h3-7,9-13,17H,2,8,14H2,1H3,(H,23,25). The minimum Gasteiger partial charge on any atom is -0.450 e. The van der Waals surface area contributed by atoms with E-state index in [-0.39, 0.29) is 17.2 Å². The normalized spacial score (nSPS) is 11.8. The Balaban J connectivity index is 1.64. The van der Waals surface area contributed by atoms with Crippen LogP contribution in [0.1, 0.15) is 41.9 Å². The van der Waals surface area contributed by atoms with E-state index in [9.17, 15) is 14.4 Å². The molecule has 1 heterocycles. The minimum atomic E-state index is -0.857. The average Bonchev–Trinajstić information content (AvgIpc) is 2.72. The van der Waals surface area contributed by atoms with Crippen molar-refractivity contribution in [2.75, 3.05) is 6.61 Å². The van der Waals surface area contributed by atoms with Crippen molar-refractivity contribution in [3.8, 4) is 0 Å². The lowest BCUT2D eigenvalue weighted by Crippen LogP contribution is -2.32. The van der Waals surface area contributed by atoms with Gasteiger partial charge in [0.25, 0.3) is 5.91 Å². The summed E-state index contributed by atoms with van der Waals surface area (Å²) in [6, 6.07) is 17.1. The third-order valence-electron chi connectivity index (χ3n) is 4.28. The number of carbonyl (C=O) groups is 2. The highest BCUT2D eigenvalue weighted by Crippen LogP contribution is 2.18. The van der Waals surface area contributed by atoms with Gasteiger partial charge in [0.1, 0.15) is 5.58 Å². The van der Waals surface area contributed by atoms with Crippen molar-refractivity contribution in [2.45, 2.75) is 25.8 Å². The Morgan fingerprint density at radius 2 is 1.79 bits per heavy atom. The van der Waals surface area contributed by atoms with Crippen LogP contribution in [0.3, 0.4) is 0 Å². The van der Waals surface area contributed by atoms with Crippen LogP contribution in [0, 0.1) is 0 Å². The van der Waals surface area contributed by atoms with Gasteiger partial charge in [0.2, 0.25) is 5.76 Å². The summed E-state index contributed by atoms with van der Waals surface area (Å²) in [6.45, 7) is 1.58. The van der Waals surface area contributed by atoms with Crippen molar-refractivity contribution in [3.05, 3.63) is 82.2 Å². The summed E-state index contributed by atoms with van der Waals surface area (Å²) in [5.41, 5.74) is 0.938. The molecular weight excluding hydrogens is 358 g/mol. The molecule has 1 unspecified atom stereocenters. The molecule has 0 bridgehead atoms. The van der Waals surface area contributed by atoms with Gasteiger partial charge in [-0.1, -0.05) is 55.8 Å². The number of fused-ring (bicyclic) bond motifs is 1. The Hall–Kier alpha value is -3.41. The fraction of sp³-hybridized carbons (Fsp3) is 0.227. The average molecular weight is 379 g/mol. The van der Waals surface area contributed by atoms with Gasteiger partial charge in [0.05, 0.1) is 11.4 Å². The summed E-state index contributed by atoms with van der Waals surface area (Å²) in [5.74, 6) is -1.51. The lowest BCUT2D eigenvalue weighted by molar-refractivity contribution is -0.125. The highest BCUT2D eigenvalue weighted by molar-refractivity contribution is 5.90. The summed E-state index contributed by atoms with van der Waals surface area (Å²) in [7, 11) is 0. The maximum Gasteiger partial charge on any atom is 0.374 e. The second-order valence-electron chi connectivity index (χ2n) is 6.37. The van der Waals surface area contributed by atoms with Crippen LogP contribution in [0.25, 0.3) is 11.0 Å². The number of ether oxygens (including phenoxy) is 1. The van der Waals surface area contributed by atoms with E-state index < -0.39 is 18.5 Å². The molecule has 144 valence electrons. The Kier molecular flexibility index (Phi) is 6.22. The van der Waals surface area contributed by atoms with Crippen molar-refractivity contribution in [1.82, 2.24) is 5.32 Å². The van der Waals surface area contributed by atoms with Gasteiger partial charge in [0, 0.05) is 6.07 Å². The number of hydrogen-bond donors (Lipinski definition) is 1. The third kappa shape index (κ3) is 4.65. The number of esters is 1. The van der Waals surface area contributed by atoms with Gasteiger partial charge in [-0.3, -0.25) is 9.59 Å². The third-order valence-corrected chi connectivity index (χ3v) is 4.28. The maximum atomic E-state index is 12.2. The maximum absolute atomic E-state index is 12.2. The van der Waals surface area contributed by atoms with Gasteiger partial charge in [-0.25, -0.2) is 4.79 Å². The molecule has 0 saturated carbocycles. The topological polar surface area (TPSA) is 85.6 Å². The lowest BCUT2D eigenvalue weighted by atomic mass is 10.0. The molecule has 3 aromatic rings. The first-order chi connectivity index (χ1) is 13.6. The van der Waals surface area contributed by atoms with Crippen molar-refractivity contribution in [3.63, 3.8) is 0 Å². The first kappa shape index (κ1) is 19.4. The van der Waals surface area contributed by atoms with Gasteiger partial charge in [-0.2, -0.15) is 0 Å². The van der Waals surface area contributed by atoms with Crippen LogP contribution in [0.15, 0.2) is 69.9 Å². The SMILES string of the molecule is CCCC(NC(=O)COC(=O)c1cc(=O)c2ccccc2o1)c1ccccc1.